The van der Waals surface area contributed by atoms with Gasteiger partial charge in [-0.25, -0.2) is 17.2 Å². The molecule has 0 bridgehead atoms. The van der Waals surface area contributed by atoms with Crippen molar-refractivity contribution in [2.24, 2.45) is 7.05 Å². The van der Waals surface area contributed by atoms with Gasteiger partial charge in [-0.2, -0.15) is 9.40 Å². The highest BCUT2D eigenvalue weighted by atomic mass is 35.5. The smallest absolute Gasteiger partial charge is 0.248 e. The van der Waals surface area contributed by atoms with Gasteiger partial charge < -0.3 is 0 Å². The van der Waals surface area contributed by atoms with Crippen LogP contribution < -0.4 is 0 Å². The molecule has 1 fully saturated rings. The number of benzene rings is 2. The Morgan fingerprint density at radius 3 is 1.78 bits per heavy atom. The predicted molar refractivity (Wildman–Crippen MR) is 118 cm³/mol. The number of piperazine rings is 1. The minimum atomic E-state index is -3.80. The molecule has 0 N–H and O–H groups in total. The van der Waals surface area contributed by atoms with Crippen LogP contribution in [-0.2, 0) is 17.1 Å². The Balaban J connectivity index is 1.60. The van der Waals surface area contributed by atoms with Crippen molar-refractivity contribution in [3.8, 4) is 0 Å². The fourth-order valence-corrected chi connectivity index (χ4v) is 6.27. The Morgan fingerprint density at radius 2 is 1.38 bits per heavy atom. The van der Waals surface area contributed by atoms with Crippen LogP contribution >= 0.6 is 11.6 Å². The van der Waals surface area contributed by atoms with Gasteiger partial charge in [0.15, 0.2) is 0 Å². The first-order valence-electron chi connectivity index (χ1n) is 10.1. The highest BCUT2D eigenvalue weighted by Crippen LogP contribution is 2.32. The van der Waals surface area contributed by atoms with E-state index in [0.29, 0.717) is 18.8 Å². The Morgan fingerprint density at radius 1 is 0.906 bits per heavy atom. The van der Waals surface area contributed by atoms with Crippen molar-refractivity contribution >= 4 is 21.6 Å². The predicted octanol–water partition coefficient (Wildman–Crippen LogP) is 3.76. The summed E-state index contributed by atoms with van der Waals surface area (Å²) in [5.74, 6) is -0.683. The minimum Gasteiger partial charge on any atom is -0.290 e. The molecular weight excluding hydrogens is 458 g/mol. The number of rotatable bonds is 5. The molecule has 0 amide bonds. The zero-order chi connectivity index (χ0) is 23.0. The first kappa shape index (κ1) is 22.8. The van der Waals surface area contributed by atoms with Crippen LogP contribution in [0.3, 0.4) is 0 Å². The van der Waals surface area contributed by atoms with Crippen LogP contribution in [0.1, 0.15) is 22.9 Å². The Hall–Kier alpha value is -2.33. The lowest BCUT2D eigenvalue weighted by atomic mass is 9.96. The summed E-state index contributed by atoms with van der Waals surface area (Å²) in [7, 11) is -2.20. The summed E-state index contributed by atoms with van der Waals surface area (Å²) < 4.78 is 56.2. The number of hydrogen-bond acceptors (Lipinski definition) is 4. The lowest BCUT2D eigenvalue weighted by molar-refractivity contribution is 0.155. The van der Waals surface area contributed by atoms with E-state index < -0.39 is 10.0 Å². The van der Waals surface area contributed by atoms with Gasteiger partial charge in [-0.15, -0.1) is 0 Å². The molecule has 3 aromatic rings. The Kier molecular flexibility index (Phi) is 6.35. The molecular formula is C22H23ClF2N4O2S. The van der Waals surface area contributed by atoms with Gasteiger partial charge in [0.25, 0.3) is 0 Å². The quantitative estimate of drug-likeness (QED) is 0.558. The molecule has 0 aliphatic carbocycles. The van der Waals surface area contributed by atoms with Crippen LogP contribution in [0.15, 0.2) is 53.4 Å². The van der Waals surface area contributed by atoms with Crippen LogP contribution in [0.5, 0.6) is 0 Å². The number of hydrogen-bond donors (Lipinski definition) is 0. The second-order valence-electron chi connectivity index (χ2n) is 7.77. The van der Waals surface area contributed by atoms with E-state index in [1.54, 1.807) is 38.2 Å². The zero-order valence-electron chi connectivity index (χ0n) is 17.7. The maximum absolute atomic E-state index is 13.5. The van der Waals surface area contributed by atoms with Gasteiger partial charge in [0.2, 0.25) is 10.0 Å². The summed E-state index contributed by atoms with van der Waals surface area (Å²) >= 11 is 6.21. The van der Waals surface area contributed by atoms with Crippen molar-refractivity contribution in [2.75, 3.05) is 26.2 Å². The molecule has 32 heavy (non-hydrogen) atoms. The zero-order valence-corrected chi connectivity index (χ0v) is 19.2. The van der Waals surface area contributed by atoms with E-state index in [2.05, 4.69) is 10.00 Å². The summed E-state index contributed by atoms with van der Waals surface area (Å²) in [6, 6.07) is 12.1. The molecule has 6 nitrogen and oxygen atoms in total. The van der Waals surface area contributed by atoms with Crippen molar-refractivity contribution in [1.29, 1.82) is 0 Å². The molecule has 1 aliphatic rings. The molecule has 170 valence electrons. The van der Waals surface area contributed by atoms with E-state index in [1.807, 2.05) is 0 Å². The number of aromatic nitrogens is 2. The number of aryl methyl sites for hydroxylation is 2. The molecule has 1 aliphatic heterocycles. The molecule has 0 spiro atoms. The van der Waals surface area contributed by atoms with Crippen LogP contribution in [-0.4, -0.2) is 53.6 Å². The second kappa shape index (κ2) is 8.90. The molecule has 2 aromatic carbocycles. The first-order valence-corrected chi connectivity index (χ1v) is 11.9. The van der Waals surface area contributed by atoms with Gasteiger partial charge in [-0.1, -0.05) is 35.9 Å². The van der Waals surface area contributed by atoms with Gasteiger partial charge in [0.05, 0.1) is 11.7 Å². The lowest BCUT2D eigenvalue weighted by Gasteiger charge is -2.39. The summed E-state index contributed by atoms with van der Waals surface area (Å²) in [5.41, 5.74) is 2.05. The van der Waals surface area contributed by atoms with Gasteiger partial charge in [-0.05, 0) is 42.3 Å². The third-order valence-corrected chi connectivity index (χ3v) is 8.30. The van der Waals surface area contributed by atoms with Crippen molar-refractivity contribution in [2.45, 2.75) is 17.9 Å². The average Bonchev–Trinajstić information content (AvgIpc) is 3.03. The fourth-order valence-electron chi connectivity index (χ4n) is 4.14. The molecule has 2 heterocycles. The van der Waals surface area contributed by atoms with E-state index in [9.17, 15) is 17.2 Å². The van der Waals surface area contributed by atoms with Crippen LogP contribution in [0.4, 0.5) is 8.78 Å². The minimum absolute atomic E-state index is 0.0312. The van der Waals surface area contributed by atoms with Crippen LogP contribution in [0.2, 0.25) is 5.15 Å². The van der Waals surface area contributed by atoms with Crippen LogP contribution in [0, 0.1) is 18.6 Å². The highest BCUT2D eigenvalue weighted by Gasteiger charge is 2.35. The Labute approximate surface area is 191 Å². The normalized spacial score (nSPS) is 16.1. The highest BCUT2D eigenvalue weighted by molar-refractivity contribution is 7.89. The number of halogens is 3. The summed E-state index contributed by atoms with van der Waals surface area (Å²) in [6.07, 6.45) is 0. The molecule has 0 saturated carbocycles. The summed E-state index contributed by atoms with van der Waals surface area (Å²) in [5, 5.41) is 4.20. The van der Waals surface area contributed by atoms with Crippen molar-refractivity contribution in [3.05, 3.63) is 82.1 Å². The van der Waals surface area contributed by atoms with E-state index in [0.717, 1.165) is 11.1 Å². The molecule has 0 atom stereocenters. The summed E-state index contributed by atoms with van der Waals surface area (Å²) in [6.45, 7) is 3.01. The SMILES string of the molecule is Cc1nn(C)c(Cl)c1S(=O)(=O)N1CCN(C(c2ccc(F)cc2)c2ccc(F)cc2)CC1. The van der Waals surface area contributed by atoms with E-state index in [4.69, 9.17) is 11.6 Å². The van der Waals surface area contributed by atoms with Crippen LogP contribution in [0.25, 0.3) is 0 Å². The third kappa shape index (κ3) is 4.30. The van der Waals surface area contributed by atoms with E-state index in [1.165, 1.54) is 33.3 Å². The second-order valence-corrected chi connectivity index (χ2v) is 10.0. The Bertz CT molecular complexity index is 1160. The number of nitrogens with zero attached hydrogens (tertiary/aromatic N) is 4. The summed E-state index contributed by atoms with van der Waals surface area (Å²) in [4.78, 5) is 2.15. The molecule has 1 saturated heterocycles. The monoisotopic (exact) mass is 480 g/mol. The van der Waals surface area contributed by atoms with Gasteiger partial charge in [-0.3, -0.25) is 9.58 Å². The molecule has 1 aromatic heterocycles. The van der Waals surface area contributed by atoms with Gasteiger partial charge >= 0.3 is 0 Å². The van der Waals surface area contributed by atoms with Crippen molar-refractivity contribution in [3.63, 3.8) is 0 Å². The van der Waals surface area contributed by atoms with E-state index >= 15 is 0 Å². The standard InChI is InChI=1S/C22H23ClF2N4O2S/c1-15-21(22(23)27(2)26-15)32(30,31)29-13-11-28(12-14-29)20(16-3-7-18(24)8-4-16)17-5-9-19(25)10-6-17/h3-10,20H,11-14H2,1-2H3. The fraction of sp³-hybridized carbons (Fsp3) is 0.318. The maximum Gasteiger partial charge on any atom is 0.248 e. The first-order chi connectivity index (χ1) is 15.2. The largest absolute Gasteiger partial charge is 0.290 e. The van der Waals surface area contributed by atoms with Crippen molar-refractivity contribution < 1.29 is 17.2 Å². The maximum atomic E-state index is 13.5. The molecule has 0 unspecified atom stereocenters. The van der Waals surface area contributed by atoms with E-state index in [-0.39, 0.29) is 40.8 Å². The van der Waals surface area contributed by atoms with Gasteiger partial charge in [0, 0.05) is 33.2 Å². The molecule has 4 rings (SSSR count). The number of sulfonamides is 1. The third-order valence-electron chi connectivity index (χ3n) is 5.71. The average molecular weight is 481 g/mol. The molecule has 0 radical (unpaired) electrons. The molecule has 10 heteroatoms. The van der Waals surface area contributed by atoms with Crippen molar-refractivity contribution in [1.82, 2.24) is 19.0 Å². The topological polar surface area (TPSA) is 58.4 Å². The lowest BCUT2D eigenvalue weighted by Crippen LogP contribution is -2.49. The van der Waals surface area contributed by atoms with Gasteiger partial charge in [0.1, 0.15) is 21.7 Å².